The predicted octanol–water partition coefficient (Wildman–Crippen LogP) is 1.31. The van der Waals surface area contributed by atoms with Crippen molar-refractivity contribution in [2.75, 3.05) is 13.1 Å². The van der Waals surface area contributed by atoms with Crippen molar-refractivity contribution in [3.63, 3.8) is 0 Å². The Hall–Kier alpha value is -1.44. The fourth-order valence-corrected chi connectivity index (χ4v) is 2.68. The van der Waals surface area contributed by atoms with E-state index in [2.05, 4.69) is 32.6 Å². The van der Waals surface area contributed by atoms with Crippen LogP contribution in [0.4, 0.5) is 0 Å². The van der Waals surface area contributed by atoms with Crippen LogP contribution < -0.4 is 10.6 Å². The quantitative estimate of drug-likeness (QED) is 0.843. The Morgan fingerprint density at radius 1 is 1.35 bits per heavy atom. The van der Waals surface area contributed by atoms with E-state index in [1.807, 2.05) is 19.9 Å². The molecule has 2 unspecified atom stereocenters. The maximum Gasteiger partial charge on any atom is 0.291 e. The van der Waals surface area contributed by atoms with Crippen LogP contribution in [0.15, 0.2) is 6.07 Å². The van der Waals surface area contributed by atoms with E-state index in [4.69, 9.17) is 0 Å². The Bertz CT molecular complexity index is 689. The third-order valence-corrected chi connectivity index (χ3v) is 3.97. The standard InChI is InChI=1S/C14H20N6O.2ClH/c1-8-4-5-15-7-11(8)17-13(21)12-18-14-16-9(2)6-10(3)20(14)19-12;;/h6,8,11,15H,4-5,7H2,1-3H3,(H,17,21);2*1H. The van der Waals surface area contributed by atoms with Gasteiger partial charge in [0.05, 0.1) is 0 Å². The number of nitrogens with zero attached hydrogens (tertiary/aromatic N) is 4. The van der Waals surface area contributed by atoms with E-state index >= 15 is 0 Å². The first-order valence-corrected chi connectivity index (χ1v) is 7.27. The predicted molar refractivity (Wildman–Crippen MR) is 92.7 cm³/mol. The summed E-state index contributed by atoms with van der Waals surface area (Å²) in [5, 5.41) is 10.6. The van der Waals surface area contributed by atoms with Crippen LogP contribution in [0, 0.1) is 19.8 Å². The number of piperidine rings is 1. The van der Waals surface area contributed by atoms with Gasteiger partial charge in [-0.1, -0.05) is 6.92 Å². The van der Waals surface area contributed by atoms with Crippen LogP contribution in [-0.4, -0.2) is 44.6 Å². The summed E-state index contributed by atoms with van der Waals surface area (Å²) in [5.41, 5.74) is 1.78. The smallest absolute Gasteiger partial charge is 0.291 e. The Morgan fingerprint density at radius 2 is 2.09 bits per heavy atom. The lowest BCUT2D eigenvalue weighted by Crippen LogP contribution is -2.50. The first-order chi connectivity index (χ1) is 10.0. The van der Waals surface area contributed by atoms with Crippen molar-refractivity contribution in [1.82, 2.24) is 30.2 Å². The SMILES string of the molecule is Cc1cc(C)n2nc(C(=O)NC3CNCCC3C)nc2n1.Cl.Cl. The number of halogens is 2. The Kier molecular flexibility index (Phi) is 6.73. The number of carbonyl (C=O) groups excluding carboxylic acids is 1. The van der Waals surface area contributed by atoms with Gasteiger partial charge in [-0.05, 0) is 38.8 Å². The maximum absolute atomic E-state index is 12.3. The summed E-state index contributed by atoms with van der Waals surface area (Å²) in [7, 11) is 0. The van der Waals surface area contributed by atoms with Crippen molar-refractivity contribution in [1.29, 1.82) is 0 Å². The minimum atomic E-state index is -0.238. The van der Waals surface area contributed by atoms with E-state index in [1.165, 1.54) is 0 Å². The molecule has 0 aromatic carbocycles. The van der Waals surface area contributed by atoms with Gasteiger partial charge in [0.15, 0.2) is 0 Å². The molecule has 1 saturated heterocycles. The van der Waals surface area contributed by atoms with E-state index < -0.39 is 0 Å². The van der Waals surface area contributed by atoms with Gasteiger partial charge in [-0.15, -0.1) is 29.9 Å². The summed E-state index contributed by atoms with van der Waals surface area (Å²) in [6, 6.07) is 2.03. The molecule has 2 N–H and O–H groups in total. The third-order valence-electron chi connectivity index (χ3n) is 3.97. The number of aryl methyl sites for hydroxylation is 2. The average molecular weight is 361 g/mol. The van der Waals surface area contributed by atoms with Crippen molar-refractivity contribution in [3.05, 3.63) is 23.3 Å². The lowest BCUT2D eigenvalue weighted by Gasteiger charge is -2.29. The molecule has 0 spiro atoms. The zero-order valence-electron chi connectivity index (χ0n) is 13.4. The first kappa shape index (κ1) is 19.6. The van der Waals surface area contributed by atoms with Crippen LogP contribution in [0.3, 0.4) is 0 Å². The highest BCUT2D eigenvalue weighted by atomic mass is 35.5. The summed E-state index contributed by atoms with van der Waals surface area (Å²) in [6.07, 6.45) is 1.06. The summed E-state index contributed by atoms with van der Waals surface area (Å²) >= 11 is 0. The molecule has 2 aromatic rings. The van der Waals surface area contributed by atoms with Gasteiger partial charge in [0.2, 0.25) is 5.82 Å². The molecule has 7 nitrogen and oxygen atoms in total. The fraction of sp³-hybridized carbons (Fsp3) is 0.571. The van der Waals surface area contributed by atoms with Crippen molar-refractivity contribution in [3.8, 4) is 0 Å². The summed E-state index contributed by atoms with van der Waals surface area (Å²) in [6.45, 7) is 7.76. The van der Waals surface area contributed by atoms with Gasteiger partial charge in [0.1, 0.15) is 0 Å². The molecule has 1 amide bonds. The summed E-state index contributed by atoms with van der Waals surface area (Å²) in [4.78, 5) is 20.9. The zero-order valence-corrected chi connectivity index (χ0v) is 15.0. The molecule has 0 radical (unpaired) electrons. The topological polar surface area (TPSA) is 84.2 Å². The third kappa shape index (κ3) is 4.10. The van der Waals surface area contributed by atoms with Gasteiger partial charge < -0.3 is 10.6 Å². The first-order valence-electron chi connectivity index (χ1n) is 7.27. The molecule has 0 aliphatic carbocycles. The number of rotatable bonds is 2. The Morgan fingerprint density at radius 3 is 2.78 bits per heavy atom. The Balaban J connectivity index is 0.00000132. The number of nitrogens with one attached hydrogen (secondary N) is 2. The van der Waals surface area contributed by atoms with E-state index in [0.717, 1.165) is 30.9 Å². The molecule has 9 heteroatoms. The van der Waals surface area contributed by atoms with Gasteiger partial charge in [0, 0.05) is 24.0 Å². The van der Waals surface area contributed by atoms with E-state index in [1.54, 1.807) is 4.52 Å². The normalized spacial score (nSPS) is 20.5. The molecule has 1 fully saturated rings. The number of fused-ring (bicyclic) bond motifs is 1. The summed E-state index contributed by atoms with van der Waals surface area (Å²) in [5.74, 6) is 0.855. The fourth-order valence-electron chi connectivity index (χ4n) is 2.68. The molecular formula is C14H22Cl2N6O. The van der Waals surface area contributed by atoms with Gasteiger partial charge in [-0.3, -0.25) is 4.79 Å². The monoisotopic (exact) mass is 360 g/mol. The molecule has 0 bridgehead atoms. The minimum Gasteiger partial charge on any atom is -0.345 e. The molecule has 23 heavy (non-hydrogen) atoms. The molecule has 0 saturated carbocycles. The highest BCUT2D eigenvalue weighted by Gasteiger charge is 2.25. The highest BCUT2D eigenvalue weighted by Crippen LogP contribution is 2.12. The molecule has 3 rings (SSSR count). The average Bonchev–Trinajstić information content (AvgIpc) is 2.85. The van der Waals surface area contributed by atoms with E-state index in [-0.39, 0.29) is 42.6 Å². The van der Waals surface area contributed by atoms with Crippen LogP contribution in [0.25, 0.3) is 5.78 Å². The lowest BCUT2D eigenvalue weighted by molar-refractivity contribution is 0.0905. The molecule has 128 valence electrons. The van der Waals surface area contributed by atoms with Crippen molar-refractivity contribution < 1.29 is 4.79 Å². The van der Waals surface area contributed by atoms with Crippen molar-refractivity contribution in [2.24, 2.45) is 5.92 Å². The number of carbonyl (C=O) groups is 1. The summed E-state index contributed by atoms with van der Waals surface area (Å²) < 4.78 is 1.60. The van der Waals surface area contributed by atoms with E-state index in [0.29, 0.717) is 11.7 Å². The van der Waals surface area contributed by atoms with Crippen molar-refractivity contribution >= 4 is 36.5 Å². The maximum atomic E-state index is 12.3. The second-order valence-electron chi connectivity index (χ2n) is 5.74. The second kappa shape index (κ2) is 7.90. The zero-order chi connectivity index (χ0) is 15.0. The number of amides is 1. The molecule has 3 heterocycles. The molecule has 2 atom stereocenters. The lowest BCUT2D eigenvalue weighted by atomic mass is 9.95. The minimum absolute atomic E-state index is 0. The van der Waals surface area contributed by atoms with Gasteiger partial charge in [-0.2, -0.15) is 4.98 Å². The van der Waals surface area contributed by atoms with E-state index in [9.17, 15) is 4.79 Å². The Labute approximate surface area is 147 Å². The van der Waals surface area contributed by atoms with Crippen LogP contribution in [0.5, 0.6) is 0 Å². The number of hydrogen-bond acceptors (Lipinski definition) is 5. The van der Waals surface area contributed by atoms with Crippen LogP contribution in [0.2, 0.25) is 0 Å². The van der Waals surface area contributed by atoms with Gasteiger partial charge in [-0.25, -0.2) is 9.50 Å². The van der Waals surface area contributed by atoms with Crippen LogP contribution >= 0.6 is 24.8 Å². The number of hydrogen-bond donors (Lipinski definition) is 2. The molecule has 1 aliphatic heterocycles. The molecule has 1 aliphatic rings. The largest absolute Gasteiger partial charge is 0.345 e. The molecule has 2 aromatic heterocycles. The van der Waals surface area contributed by atoms with Crippen LogP contribution in [0.1, 0.15) is 35.4 Å². The van der Waals surface area contributed by atoms with Gasteiger partial charge >= 0.3 is 0 Å². The van der Waals surface area contributed by atoms with Crippen LogP contribution in [-0.2, 0) is 0 Å². The highest BCUT2D eigenvalue weighted by molar-refractivity contribution is 5.91. The second-order valence-corrected chi connectivity index (χ2v) is 5.74. The number of aromatic nitrogens is 4. The van der Waals surface area contributed by atoms with Gasteiger partial charge in [0.25, 0.3) is 11.7 Å². The van der Waals surface area contributed by atoms with Crippen molar-refractivity contribution in [2.45, 2.75) is 33.2 Å². The molecular weight excluding hydrogens is 339 g/mol.